The molecule has 1 amide bonds. The van der Waals surface area contributed by atoms with E-state index in [9.17, 15) is 4.79 Å². The Morgan fingerprint density at radius 2 is 1.95 bits per heavy atom. The molecule has 3 N–H and O–H groups in total. The first kappa shape index (κ1) is 18.6. The van der Waals surface area contributed by atoms with E-state index in [2.05, 4.69) is 5.32 Å². The molecule has 1 aliphatic rings. The van der Waals surface area contributed by atoms with Crippen molar-refractivity contribution in [2.45, 2.75) is 32.8 Å². The Balaban J connectivity index is 0.00000242. The third-order valence-electron chi connectivity index (χ3n) is 4.28. The van der Waals surface area contributed by atoms with Gasteiger partial charge in [-0.25, -0.2) is 0 Å². The molecule has 0 fully saturated rings. The van der Waals surface area contributed by atoms with Gasteiger partial charge in [-0.3, -0.25) is 4.79 Å². The van der Waals surface area contributed by atoms with E-state index in [0.717, 1.165) is 24.3 Å². The van der Waals surface area contributed by atoms with Crippen molar-refractivity contribution in [1.82, 2.24) is 5.32 Å². The minimum absolute atomic E-state index is 0. The molecule has 1 aromatic rings. The van der Waals surface area contributed by atoms with E-state index in [1.54, 1.807) is 0 Å². The fraction of sp³-hybridized carbons (Fsp3) is 0.562. The molecule has 5 nitrogen and oxygen atoms in total. The molecule has 0 saturated heterocycles. The van der Waals surface area contributed by atoms with E-state index in [-0.39, 0.29) is 24.4 Å². The van der Waals surface area contributed by atoms with Crippen LogP contribution < -0.4 is 20.5 Å². The van der Waals surface area contributed by atoms with E-state index in [0.29, 0.717) is 19.7 Å². The fourth-order valence-corrected chi connectivity index (χ4v) is 2.51. The number of para-hydroxylation sites is 2. The number of hydrogen-bond donors (Lipinski definition) is 2. The van der Waals surface area contributed by atoms with Crippen molar-refractivity contribution >= 4 is 18.3 Å². The zero-order chi connectivity index (χ0) is 15.3. The molecule has 0 bridgehead atoms. The minimum atomic E-state index is -0.479. The van der Waals surface area contributed by atoms with E-state index in [1.807, 2.05) is 38.1 Å². The summed E-state index contributed by atoms with van der Waals surface area (Å²) < 4.78 is 11.5. The summed E-state index contributed by atoms with van der Waals surface area (Å²) in [6, 6.07) is 7.54. The van der Waals surface area contributed by atoms with Crippen LogP contribution in [0.25, 0.3) is 0 Å². The Hall–Kier alpha value is -1.46. The number of halogens is 1. The number of ether oxygens (including phenoxy) is 2. The summed E-state index contributed by atoms with van der Waals surface area (Å²) >= 11 is 0. The monoisotopic (exact) mass is 328 g/mol. The predicted octanol–water partition coefficient (Wildman–Crippen LogP) is 2.13. The molecule has 124 valence electrons. The van der Waals surface area contributed by atoms with Gasteiger partial charge >= 0.3 is 0 Å². The Morgan fingerprint density at radius 3 is 2.55 bits per heavy atom. The highest BCUT2D eigenvalue weighted by molar-refractivity contribution is 5.85. The van der Waals surface area contributed by atoms with Gasteiger partial charge in [0.2, 0.25) is 5.91 Å². The van der Waals surface area contributed by atoms with Crippen molar-refractivity contribution in [3.8, 4) is 11.5 Å². The summed E-state index contributed by atoms with van der Waals surface area (Å²) in [5.74, 6) is 1.47. The van der Waals surface area contributed by atoms with E-state index < -0.39 is 5.41 Å². The van der Waals surface area contributed by atoms with Crippen LogP contribution in [0.3, 0.4) is 0 Å². The van der Waals surface area contributed by atoms with Crippen LogP contribution in [0.1, 0.15) is 26.7 Å². The number of carbonyl (C=O) groups is 1. The van der Waals surface area contributed by atoms with Crippen molar-refractivity contribution in [2.75, 3.05) is 19.7 Å². The van der Waals surface area contributed by atoms with Crippen LogP contribution in [-0.2, 0) is 4.79 Å². The van der Waals surface area contributed by atoms with Gasteiger partial charge in [0.05, 0.1) is 12.0 Å². The second kappa shape index (κ2) is 8.25. The highest BCUT2D eigenvalue weighted by Gasteiger charge is 2.34. The standard InChI is InChI=1S/C16H24N2O3.ClH/c1-3-16(4-2,11-17)15(19)18-9-12-10-20-13-7-5-6-8-14(13)21-12;/h5-8,12H,3-4,9-11,17H2,1-2H3,(H,18,19);1H. The molecule has 0 aromatic heterocycles. The zero-order valence-corrected chi connectivity index (χ0v) is 13.9. The first-order chi connectivity index (χ1) is 10.1. The first-order valence-electron chi connectivity index (χ1n) is 7.52. The van der Waals surface area contributed by atoms with Gasteiger partial charge in [0.1, 0.15) is 12.7 Å². The van der Waals surface area contributed by atoms with Gasteiger partial charge in [-0.1, -0.05) is 26.0 Å². The first-order valence-corrected chi connectivity index (χ1v) is 7.52. The second-order valence-corrected chi connectivity index (χ2v) is 5.40. The smallest absolute Gasteiger partial charge is 0.227 e. The molecule has 1 aromatic carbocycles. The van der Waals surface area contributed by atoms with Crippen molar-refractivity contribution in [1.29, 1.82) is 0 Å². The summed E-state index contributed by atoms with van der Waals surface area (Å²) in [6.45, 7) is 5.20. The summed E-state index contributed by atoms with van der Waals surface area (Å²) in [7, 11) is 0. The molecule has 0 radical (unpaired) electrons. The van der Waals surface area contributed by atoms with Gasteiger partial charge in [-0.15, -0.1) is 12.4 Å². The predicted molar refractivity (Wildman–Crippen MR) is 88.7 cm³/mol. The quantitative estimate of drug-likeness (QED) is 0.839. The lowest BCUT2D eigenvalue weighted by molar-refractivity contribution is -0.131. The number of nitrogens with two attached hydrogens (primary N) is 1. The Morgan fingerprint density at radius 1 is 1.32 bits per heavy atom. The maximum atomic E-state index is 12.4. The lowest BCUT2D eigenvalue weighted by atomic mass is 9.81. The maximum Gasteiger partial charge on any atom is 0.227 e. The number of amides is 1. The number of carbonyl (C=O) groups excluding carboxylic acids is 1. The summed E-state index contributed by atoms with van der Waals surface area (Å²) in [5.41, 5.74) is 5.31. The molecule has 0 spiro atoms. The molecule has 6 heteroatoms. The average molecular weight is 329 g/mol. The maximum absolute atomic E-state index is 12.4. The van der Waals surface area contributed by atoms with Crippen LogP contribution in [0.5, 0.6) is 11.5 Å². The van der Waals surface area contributed by atoms with Crippen molar-refractivity contribution < 1.29 is 14.3 Å². The van der Waals surface area contributed by atoms with Crippen LogP contribution in [0.4, 0.5) is 0 Å². The van der Waals surface area contributed by atoms with Crippen molar-refractivity contribution in [3.63, 3.8) is 0 Å². The molecule has 1 heterocycles. The lowest BCUT2D eigenvalue weighted by Gasteiger charge is -2.31. The normalized spacial score (nSPS) is 16.6. The van der Waals surface area contributed by atoms with Gasteiger partial charge in [0.15, 0.2) is 11.5 Å². The number of fused-ring (bicyclic) bond motifs is 1. The largest absolute Gasteiger partial charge is 0.486 e. The molecule has 1 aliphatic heterocycles. The third-order valence-corrected chi connectivity index (χ3v) is 4.28. The highest BCUT2D eigenvalue weighted by Crippen LogP contribution is 2.31. The van der Waals surface area contributed by atoms with Crippen LogP contribution in [-0.4, -0.2) is 31.7 Å². The summed E-state index contributed by atoms with van der Waals surface area (Å²) in [5, 5.41) is 2.95. The molecule has 0 saturated carbocycles. The van der Waals surface area contributed by atoms with E-state index in [4.69, 9.17) is 15.2 Å². The van der Waals surface area contributed by atoms with Crippen LogP contribution >= 0.6 is 12.4 Å². The number of hydrogen-bond acceptors (Lipinski definition) is 4. The summed E-state index contributed by atoms with van der Waals surface area (Å²) in [6.07, 6.45) is 1.29. The van der Waals surface area contributed by atoms with Gasteiger partial charge in [-0.2, -0.15) is 0 Å². The minimum Gasteiger partial charge on any atom is -0.486 e. The molecule has 1 atom stereocenters. The molecule has 2 rings (SSSR count). The highest BCUT2D eigenvalue weighted by atomic mass is 35.5. The molecule has 22 heavy (non-hydrogen) atoms. The summed E-state index contributed by atoms with van der Waals surface area (Å²) in [4.78, 5) is 12.4. The van der Waals surface area contributed by atoms with Gasteiger partial charge in [-0.05, 0) is 25.0 Å². The molecule has 1 unspecified atom stereocenters. The SMILES string of the molecule is CCC(CC)(CN)C(=O)NCC1COc2ccccc2O1.Cl. The van der Waals surface area contributed by atoms with Crippen molar-refractivity contribution in [2.24, 2.45) is 11.1 Å². The Kier molecular flexibility index (Phi) is 6.97. The average Bonchev–Trinajstić information content (AvgIpc) is 2.55. The Bertz CT molecular complexity index is 484. The Labute approximate surface area is 138 Å². The lowest BCUT2D eigenvalue weighted by Crippen LogP contribution is -2.49. The number of rotatable bonds is 6. The second-order valence-electron chi connectivity index (χ2n) is 5.40. The third kappa shape index (κ3) is 3.84. The number of nitrogens with one attached hydrogen (secondary N) is 1. The van der Waals surface area contributed by atoms with Crippen LogP contribution in [0.2, 0.25) is 0 Å². The topological polar surface area (TPSA) is 73.6 Å². The molecular formula is C16H25ClN2O3. The van der Waals surface area contributed by atoms with Gasteiger partial charge in [0.25, 0.3) is 0 Å². The fourth-order valence-electron chi connectivity index (χ4n) is 2.51. The van der Waals surface area contributed by atoms with Gasteiger partial charge in [0, 0.05) is 6.54 Å². The zero-order valence-electron chi connectivity index (χ0n) is 13.1. The van der Waals surface area contributed by atoms with E-state index >= 15 is 0 Å². The molecular weight excluding hydrogens is 304 g/mol. The van der Waals surface area contributed by atoms with Crippen LogP contribution in [0, 0.1) is 5.41 Å². The van der Waals surface area contributed by atoms with Gasteiger partial charge < -0.3 is 20.5 Å². The number of benzene rings is 1. The van der Waals surface area contributed by atoms with Crippen LogP contribution in [0.15, 0.2) is 24.3 Å². The van der Waals surface area contributed by atoms with E-state index in [1.165, 1.54) is 0 Å². The molecule has 0 aliphatic carbocycles. The van der Waals surface area contributed by atoms with Crippen molar-refractivity contribution in [3.05, 3.63) is 24.3 Å².